The number of amides is 1. The molecule has 0 spiro atoms. The third-order valence-corrected chi connectivity index (χ3v) is 4.29. The van der Waals surface area contributed by atoms with Crippen molar-refractivity contribution < 1.29 is 4.79 Å². The van der Waals surface area contributed by atoms with Crippen molar-refractivity contribution in [1.29, 1.82) is 0 Å². The van der Waals surface area contributed by atoms with Crippen molar-refractivity contribution in [2.75, 3.05) is 30.0 Å². The van der Waals surface area contributed by atoms with Gasteiger partial charge in [0, 0.05) is 31.5 Å². The number of carbonyl (C=O) groups is 1. The molecule has 6 nitrogen and oxygen atoms in total. The van der Waals surface area contributed by atoms with E-state index in [1.165, 1.54) is 0 Å². The van der Waals surface area contributed by atoms with Crippen LogP contribution in [0.1, 0.15) is 19.3 Å². The minimum Gasteiger partial charge on any atom is -0.352 e. The van der Waals surface area contributed by atoms with Crippen LogP contribution in [0.2, 0.25) is 0 Å². The van der Waals surface area contributed by atoms with E-state index in [1.54, 1.807) is 24.2 Å². The highest BCUT2D eigenvalue weighted by molar-refractivity contribution is 7.98. The minimum absolute atomic E-state index is 0.0292. The summed E-state index contributed by atoms with van der Waals surface area (Å²) in [5.41, 5.74) is 5.88. The van der Waals surface area contributed by atoms with Crippen molar-refractivity contribution in [2.45, 2.75) is 31.3 Å². The number of hydrogen-bond donors (Lipinski definition) is 2. The molecule has 0 bridgehead atoms. The quantitative estimate of drug-likeness (QED) is 0.802. The molecule has 1 fully saturated rings. The van der Waals surface area contributed by atoms with Gasteiger partial charge < -0.3 is 16.0 Å². The molecular weight excluding hydrogens is 286 g/mol. The molecular formula is C14H23N5OS. The molecule has 1 aliphatic rings. The van der Waals surface area contributed by atoms with Crippen LogP contribution in [0.3, 0.4) is 0 Å². The third-order valence-electron chi connectivity index (χ3n) is 3.65. The van der Waals surface area contributed by atoms with E-state index in [-0.39, 0.29) is 11.9 Å². The molecule has 1 atom stereocenters. The Morgan fingerprint density at radius 2 is 2.14 bits per heavy atom. The Bertz CT molecular complexity index is 436. The molecule has 0 aliphatic carbocycles. The number of nitrogens with one attached hydrogen (secondary N) is 1. The molecule has 1 amide bonds. The fourth-order valence-electron chi connectivity index (χ4n) is 2.36. The van der Waals surface area contributed by atoms with Gasteiger partial charge in [0.25, 0.3) is 0 Å². The van der Waals surface area contributed by atoms with Gasteiger partial charge in [-0.05, 0) is 37.3 Å². The Hall–Kier alpha value is -1.34. The predicted octanol–water partition coefficient (Wildman–Crippen LogP) is 0.642. The van der Waals surface area contributed by atoms with Gasteiger partial charge in [-0.2, -0.15) is 11.8 Å². The summed E-state index contributed by atoms with van der Waals surface area (Å²) in [6, 6.07) is 1.62. The molecule has 1 aromatic heterocycles. The molecule has 7 heteroatoms. The zero-order valence-electron chi connectivity index (χ0n) is 12.4. The van der Waals surface area contributed by atoms with Gasteiger partial charge in [-0.15, -0.1) is 0 Å². The van der Waals surface area contributed by atoms with Crippen LogP contribution >= 0.6 is 11.8 Å². The maximum Gasteiger partial charge on any atom is 0.237 e. The van der Waals surface area contributed by atoms with Crippen LogP contribution in [0.15, 0.2) is 18.5 Å². The van der Waals surface area contributed by atoms with E-state index in [1.807, 2.05) is 12.3 Å². The highest BCUT2D eigenvalue weighted by Crippen LogP contribution is 2.15. The number of anilines is 1. The lowest BCUT2D eigenvalue weighted by Gasteiger charge is -2.32. The molecule has 21 heavy (non-hydrogen) atoms. The summed E-state index contributed by atoms with van der Waals surface area (Å²) >= 11 is 1.71. The first-order valence-electron chi connectivity index (χ1n) is 7.27. The molecule has 0 radical (unpaired) electrons. The molecule has 0 saturated carbocycles. The number of rotatable bonds is 6. The second-order valence-electron chi connectivity index (χ2n) is 5.21. The second-order valence-corrected chi connectivity index (χ2v) is 6.19. The van der Waals surface area contributed by atoms with E-state index in [4.69, 9.17) is 5.73 Å². The highest BCUT2D eigenvalue weighted by atomic mass is 32.2. The lowest BCUT2D eigenvalue weighted by Crippen LogP contribution is -2.50. The average Bonchev–Trinajstić information content (AvgIpc) is 2.54. The van der Waals surface area contributed by atoms with Crippen LogP contribution in [0.25, 0.3) is 0 Å². The van der Waals surface area contributed by atoms with Crippen LogP contribution in [0.5, 0.6) is 0 Å². The molecule has 2 heterocycles. The predicted molar refractivity (Wildman–Crippen MR) is 86.4 cm³/mol. The molecule has 0 unspecified atom stereocenters. The number of piperidine rings is 1. The summed E-state index contributed by atoms with van der Waals surface area (Å²) in [6.45, 7) is 1.71. The summed E-state index contributed by atoms with van der Waals surface area (Å²) in [5, 5.41) is 3.06. The van der Waals surface area contributed by atoms with E-state index in [0.29, 0.717) is 0 Å². The zero-order valence-corrected chi connectivity index (χ0v) is 13.2. The lowest BCUT2D eigenvalue weighted by molar-refractivity contribution is -0.123. The van der Waals surface area contributed by atoms with Crippen molar-refractivity contribution in [3.05, 3.63) is 18.5 Å². The molecule has 116 valence electrons. The van der Waals surface area contributed by atoms with E-state index in [2.05, 4.69) is 20.2 Å². The summed E-state index contributed by atoms with van der Waals surface area (Å²) in [6.07, 6.45) is 8.05. The van der Waals surface area contributed by atoms with Gasteiger partial charge in [0.1, 0.15) is 0 Å². The van der Waals surface area contributed by atoms with Crippen molar-refractivity contribution in [2.24, 2.45) is 5.73 Å². The second kappa shape index (κ2) is 8.19. The normalized spacial score (nSPS) is 17.5. The molecule has 2 rings (SSSR count). The van der Waals surface area contributed by atoms with Gasteiger partial charge in [0.05, 0.1) is 6.04 Å². The number of aromatic nitrogens is 2. The Balaban J connectivity index is 1.75. The molecule has 1 saturated heterocycles. The average molecular weight is 309 g/mol. The van der Waals surface area contributed by atoms with Crippen LogP contribution in [-0.4, -0.2) is 53.1 Å². The maximum absolute atomic E-state index is 12.0. The van der Waals surface area contributed by atoms with Crippen molar-refractivity contribution >= 4 is 23.6 Å². The Kier molecular flexibility index (Phi) is 6.25. The third kappa shape index (κ3) is 4.86. The van der Waals surface area contributed by atoms with Crippen LogP contribution in [0, 0.1) is 0 Å². The van der Waals surface area contributed by atoms with Crippen LogP contribution in [-0.2, 0) is 4.79 Å². The smallest absolute Gasteiger partial charge is 0.237 e. The van der Waals surface area contributed by atoms with Gasteiger partial charge in [0.15, 0.2) is 0 Å². The van der Waals surface area contributed by atoms with Gasteiger partial charge >= 0.3 is 0 Å². The highest BCUT2D eigenvalue weighted by Gasteiger charge is 2.23. The van der Waals surface area contributed by atoms with Crippen molar-refractivity contribution in [1.82, 2.24) is 15.3 Å². The van der Waals surface area contributed by atoms with Crippen LogP contribution < -0.4 is 16.0 Å². The van der Waals surface area contributed by atoms with Gasteiger partial charge in [-0.1, -0.05) is 0 Å². The number of carbonyl (C=O) groups excluding carboxylic acids is 1. The fourth-order valence-corrected chi connectivity index (χ4v) is 2.85. The largest absolute Gasteiger partial charge is 0.352 e. The van der Waals surface area contributed by atoms with Gasteiger partial charge in [0.2, 0.25) is 11.9 Å². The molecule has 1 aliphatic heterocycles. The topological polar surface area (TPSA) is 84.1 Å². The monoisotopic (exact) mass is 309 g/mol. The van der Waals surface area contributed by atoms with Gasteiger partial charge in [-0.3, -0.25) is 4.79 Å². The summed E-state index contributed by atoms with van der Waals surface area (Å²) in [7, 11) is 0. The zero-order chi connectivity index (χ0) is 15.1. The number of nitrogens with two attached hydrogens (primary N) is 1. The number of thioether (sulfide) groups is 1. The standard InChI is InChI=1S/C14H23N5OS/c1-21-10-5-12(15)13(20)18-11-3-8-19(9-4-11)14-16-6-2-7-17-14/h2,6-7,11-12H,3-5,8-10,15H2,1H3,(H,18,20)/t12-/m1/s1. The van der Waals surface area contributed by atoms with E-state index < -0.39 is 6.04 Å². The van der Waals surface area contributed by atoms with Crippen LogP contribution in [0.4, 0.5) is 5.95 Å². The first kappa shape index (κ1) is 16.0. The Morgan fingerprint density at radius 1 is 1.48 bits per heavy atom. The van der Waals surface area contributed by atoms with Crippen molar-refractivity contribution in [3.8, 4) is 0 Å². The van der Waals surface area contributed by atoms with Gasteiger partial charge in [-0.25, -0.2) is 9.97 Å². The molecule has 3 N–H and O–H groups in total. The first-order chi connectivity index (χ1) is 10.2. The number of nitrogens with zero attached hydrogens (tertiary/aromatic N) is 3. The van der Waals surface area contributed by atoms with E-state index >= 15 is 0 Å². The first-order valence-corrected chi connectivity index (χ1v) is 8.67. The summed E-state index contributed by atoms with van der Waals surface area (Å²) in [5.74, 6) is 1.65. The summed E-state index contributed by atoms with van der Waals surface area (Å²) < 4.78 is 0. The fraction of sp³-hybridized carbons (Fsp3) is 0.643. The summed E-state index contributed by atoms with van der Waals surface area (Å²) in [4.78, 5) is 22.6. The van der Waals surface area contributed by atoms with E-state index in [9.17, 15) is 4.79 Å². The molecule has 0 aromatic carbocycles. The molecule has 1 aromatic rings. The SMILES string of the molecule is CSCC[C@@H](N)C(=O)NC1CCN(c2ncccn2)CC1. The van der Waals surface area contributed by atoms with E-state index in [0.717, 1.165) is 44.1 Å². The maximum atomic E-state index is 12.0. The number of hydrogen-bond acceptors (Lipinski definition) is 6. The Labute approximate surface area is 129 Å². The Morgan fingerprint density at radius 3 is 2.76 bits per heavy atom. The lowest BCUT2D eigenvalue weighted by atomic mass is 10.0. The van der Waals surface area contributed by atoms with Crippen molar-refractivity contribution in [3.63, 3.8) is 0 Å². The minimum atomic E-state index is -0.395.